The van der Waals surface area contributed by atoms with Gasteiger partial charge >= 0.3 is 13.5 Å². The van der Waals surface area contributed by atoms with Gasteiger partial charge in [0.15, 0.2) is 6.23 Å². The second-order valence-corrected chi connectivity index (χ2v) is 11.5. The maximum Gasteiger partial charge on any atom is 0.530 e. The first-order valence-corrected chi connectivity index (χ1v) is 13.9. The maximum atomic E-state index is 13.5. The second-order valence-electron chi connectivity index (χ2n) is 9.91. The molecular weight excluding hydrogens is 527 g/mol. The molecule has 0 aliphatic carbocycles. The predicted molar refractivity (Wildman–Crippen MR) is 139 cm³/mol. The van der Waals surface area contributed by atoms with Gasteiger partial charge in [-0.1, -0.05) is 42.5 Å². The number of ether oxygens (including phenoxy) is 3. The van der Waals surface area contributed by atoms with Crippen molar-refractivity contribution in [3.63, 3.8) is 0 Å². The molecular formula is C27H27N2O9P. The highest BCUT2D eigenvalue weighted by Gasteiger charge is 2.38. The quantitative estimate of drug-likeness (QED) is 0.362. The summed E-state index contributed by atoms with van der Waals surface area (Å²) >= 11 is 0. The number of phosphoric acid groups is 1. The normalized spacial score (nSPS) is 24.9. The molecule has 3 atom stereocenters. The summed E-state index contributed by atoms with van der Waals surface area (Å²) in [6.45, 7) is 5.57. The third-order valence-electron chi connectivity index (χ3n) is 6.61. The van der Waals surface area contributed by atoms with E-state index in [1.165, 1.54) is 10.8 Å². The van der Waals surface area contributed by atoms with Gasteiger partial charge in [0, 0.05) is 47.9 Å². The lowest BCUT2D eigenvalue weighted by Crippen LogP contribution is -2.35. The minimum Gasteiger partial charge on any atom is -0.462 e. The van der Waals surface area contributed by atoms with Crippen molar-refractivity contribution >= 4 is 7.82 Å². The molecule has 3 aromatic rings. The van der Waals surface area contributed by atoms with Gasteiger partial charge in [-0.25, -0.2) is 9.36 Å². The fraction of sp³-hybridized carbons (Fsp3) is 0.333. The van der Waals surface area contributed by atoms with Crippen LogP contribution < -0.4 is 20.5 Å². The number of fused-ring (bicyclic) bond motifs is 2. The van der Waals surface area contributed by atoms with Crippen molar-refractivity contribution in [2.75, 3.05) is 6.61 Å². The lowest BCUT2D eigenvalue weighted by atomic mass is 9.98. The van der Waals surface area contributed by atoms with Crippen LogP contribution in [-0.4, -0.2) is 28.0 Å². The summed E-state index contributed by atoms with van der Waals surface area (Å²) in [5, 5.41) is 0. The molecule has 12 heteroatoms. The minimum absolute atomic E-state index is 0.0287. The zero-order chi connectivity index (χ0) is 27.4. The Bertz CT molecular complexity index is 1640. The molecule has 1 N–H and O–H groups in total. The lowest BCUT2D eigenvalue weighted by Gasteiger charge is -2.34. The zero-order valence-corrected chi connectivity index (χ0v) is 22.4. The van der Waals surface area contributed by atoms with Crippen LogP contribution in [0.5, 0.6) is 11.5 Å². The van der Waals surface area contributed by atoms with Gasteiger partial charge in [0.1, 0.15) is 17.6 Å². The maximum absolute atomic E-state index is 13.5. The summed E-state index contributed by atoms with van der Waals surface area (Å²) in [5.41, 5.74) is 2.40. The topological polar surface area (TPSA) is 127 Å². The van der Waals surface area contributed by atoms with E-state index in [1.807, 2.05) is 50.2 Å². The number of hydrogen-bond acceptors (Lipinski definition) is 9. The third-order valence-corrected chi connectivity index (χ3v) is 7.93. The number of phosphoric ester groups is 1. The van der Waals surface area contributed by atoms with Crippen molar-refractivity contribution in [1.82, 2.24) is 9.55 Å². The summed E-state index contributed by atoms with van der Waals surface area (Å²) in [6, 6.07) is 11.3. The summed E-state index contributed by atoms with van der Waals surface area (Å²) in [4.78, 5) is 26.1. The minimum atomic E-state index is -4.01. The Morgan fingerprint density at radius 3 is 2.54 bits per heavy atom. The summed E-state index contributed by atoms with van der Waals surface area (Å²) < 4.78 is 49.7. The van der Waals surface area contributed by atoms with E-state index in [4.69, 9.17) is 27.8 Å². The van der Waals surface area contributed by atoms with Crippen molar-refractivity contribution < 1.29 is 32.3 Å². The molecule has 0 fully saturated rings. The van der Waals surface area contributed by atoms with E-state index in [2.05, 4.69) is 4.98 Å². The number of hydrogen-bond donors (Lipinski definition) is 1. The van der Waals surface area contributed by atoms with Gasteiger partial charge in [-0.2, -0.15) is 0 Å². The van der Waals surface area contributed by atoms with Crippen molar-refractivity contribution in [3.05, 3.63) is 92.3 Å². The molecule has 4 heterocycles. The first-order chi connectivity index (χ1) is 18.6. The number of benzene rings is 2. The van der Waals surface area contributed by atoms with Crippen LogP contribution in [0.25, 0.3) is 11.1 Å². The van der Waals surface area contributed by atoms with Gasteiger partial charge in [0.25, 0.3) is 5.56 Å². The average Bonchev–Trinajstić information content (AvgIpc) is 3.37. The predicted octanol–water partition coefficient (Wildman–Crippen LogP) is 4.34. The highest BCUT2D eigenvalue weighted by molar-refractivity contribution is 7.49. The van der Waals surface area contributed by atoms with Gasteiger partial charge in [0.05, 0.1) is 19.8 Å². The molecule has 0 saturated heterocycles. The van der Waals surface area contributed by atoms with Crippen molar-refractivity contribution in [2.24, 2.45) is 0 Å². The van der Waals surface area contributed by atoms with Crippen LogP contribution in [0.2, 0.25) is 0 Å². The standard InChI is InChI=1S/C27H27N2O9P/c1-16-12-29(26(31)28-25(16)30)22-11-10-19(36-22)15-35-39(32)34-14-18-7-5-9-21(24(18)38-39)20-8-4-6-17-13-33-27(2,3)37-23(17)20/h4-12,19,22H,13-15H2,1-3H3,(H,28,30,31)/t19-,22+,39+/m0/s1. The Labute approximate surface area is 223 Å². The smallest absolute Gasteiger partial charge is 0.462 e. The first-order valence-electron chi connectivity index (χ1n) is 12.4. The molecule has 11 nitrogen and oxygen atoms in total. The zero-order valence-electron chi connectivity index (χ0n) is 21.5. The Hall–Kier alpha value is -3.47. The van der Waals surface area contributed by atoms with E-state index in [1.54, 1.807) is 19.1 Å². The van der Waals surface area contributed by atoms with Crippen LogP contribution in [0, 0.1) is 6.92 Å². The largest absolute Gasteiger partial charge is 0.530 e. The number of aryl methyl sites for hydroxylation is 1. The third kappa shape index (κ3) is 4.99. The van der Waals surface area contributed by atoms with E-state index in [0.29, 0.717) is 29.2 Å². The van der Waals surface area contributed by atoms with E-state index < -0.39 is 37.2 Å². The van der Waals surface area contributed by atoms with Gasteiger partial charge in [-0.05, 0) is 13.0 Å². The molecule has 6 rings (SSSR count). The number of nitrogens with zero attached hydrogens (tertiary/aromatic N) is 1. The van der Waals surface area contributed by atoms with E-state index in [9.17, 15) is 14.2 Å². The molecule has 1 aromatic heterocycles. The van der Waals surface area contributed by atoms with Crippen molar-refractivity contribution in [3.8, 4) is 22.6 Å². The molecule has 3 aliphatic heterocycles. The van der Waals surface area contributed by atoms with Gasteiger partial charge in [-0.15, -0.1) is 0 Å². The molecule has 2 aromatic carbocycles. The molecule has 0 radical (unpaired) electrons. The van der Waals surface area contributed by atoms with Crippen LogP contribution in [-0.2, 0) is 36.3 Å². The first kappa shape index (κ1) is 25.8. The Morgan fingerprint density at radius 2 is 1.77 bits per heavy atom. The highest BCUT2D eigenvalue weighted by atomic mass is 31.2. The fourth-order valence-corrected chi connectivity index (χ4v) is 5.85. The SMILES string of the molecule is Cc1cn([C@H]2C=C[C@@H](CO[P@@]3(=O)OCc4cccc(-c5cccc6c5OC(C)(C)OC6)c4O3)O2)c(=O)[nH]c1=O. The molecule has 0 bridgehead atoms. The summed E-state index contributed by atoms with van der Waals surface area (Å²) in [5.74, 6) is 0.270. The van der Waals surface area contributed by atoms with Crippen LogP contribution in [0.15, 0.2) is 64.3 Å². The van der Waals surface area contributed by atoms with Gasteiger partial charge in [0.2, 0.25) is 5.79 Å². The molecule has 3 aliphatic rings. The molecule has 0 amide bonds. The number of para-hydroxylation sites is 2. The number of aromatic amines is 1. The van der Waals surface area contributed by atoms with Crippen LogP contribution >= 0.6 is 7.82 Å². The number of nitrogens with one attached hydrogen (secondary N) is 1. The fourth-order valence-electron chi connectivity index (χ4n) is 4.61. The Kier molecular flexibility index (Phi) is 6.36. The molecule has 39 heavy (non-hydrogen) atoms. The number of aromatic nitrogens is 2. The molecule has 0 unspecified atom stereocenters. The molecule has 204 valence electrons. The molecule has 0 saturated carbocycles. The van der Waals surface area contributed by atoms with E-state index in [-0.39, 0.29) is 13.2 Å². The average molecular weight is 554 g/mol. The lowest BCUT2D eigenvalue weighted by molar-refractivity contribution is -0.179. The monoisotopic (exact) mass is 554 g/mol. The van der Waals surface area contributed by atoms with Crippen LogP contribution in [0.4, 0.5) is 0 Å². The summed E-state index contributed by atoms with van der Waals surface area (Å²) in [7, 11) is -4.01. The van der Waals surface area contributed by atoms with Gasteiger partial charge < -0.3 is 18.7 Å². The van der Waals surface area contributed by atoms with Crippen molar-refractivity contribution in [1.29, 1.82) is 0 Å². The number of rotatable bonds is 5. The Morgan fingerprint density at radius 1 is 1.05 bits per heavy atom. The highest BCUT2D eigenvalue weighted by Crippen LogP contribution is 2.57. The van der Waals surface area contributed by atoms with Gasteiger partial charge in [-0.3, -0.25) is 23.4 Å². The summed E-state index contributed by atoms with van der Waals surface area (Å²) in [6.07, 6.45) is 3.39. The Balaban J connectivity index is 1.20. The van der Waals surface area contributed by atoms with E-state index in [0.717, 1.165) is 16.7 Å². The molecule has 0 spiro atoms. The van der Waals surface area contributed by atoms with E-state index >= 15 is 0 Å². The van der Waals surface area contributed by atoms with Crippen LogP contribution in [0.1, 0.15) is 36.8 Å². The van der Waals surface area contributed by atoms with Crippen molar-refractivity contribution in [2.45, 2.75) is 52.1 Å². The number of H-pyrrole nitrogens is 1. The van der Waals surface area contributed by atoms with Crippen LogP contribution in [0.3, 0.4) is 0 Å². The second kappa shape index (κ2) is 9.62.